The molecule has 0 saturated carbocycles. The van der Waals surface area contributed by atoms with Crippen LogP contribution in [0.25, 0.3) is 0 Å². The minimum atomic E-state index is 0.400. The molecule has 0 unspecified atom stereocenters. The molecule has 0 bridgehead atoms. The van der Waals surface area contributed by atoms with E-state index in [0.717, 1.165) is 6.42 Å². The second-order valence-electron chi connectivity index (χ2n) is 1.31. The monoisotopic (exact) mass is 114 g/mol. The average Bonchev–Trinajstić information content (AvgIpc) is 1.81. The van der Waals surface area contributed by atoms with Crippen LogP contribution < -0.4 is 0 Å². The molecular weight excluding hydrogens is 104 g/mol. The third-order valence-corrected chi connectivity index (χ3v) is 0.663. The zero-order valence-electron chi connectivity index (χ0n) is 4.96. The molecule has 0 spiro atoms. The highest BCUT2D eigenvalue weighted by atomic mass is 16.5. The van der Waals surface area contributed by atoms with Crippen molar-refractivity contribution in [2.45, 2.75) is 13.3 Å². The Morgan fingerprint density at radius 2 is 2.25 bits per heavy atom. The van der Waals surface area contributed by atoms with Crippen LogP contribution in [0.4, 0.5) is 0 Å². The number of hydrogen-bond donors (Lipinski definition) is 0. The minimum absolute atomic E-state index is 0.400. The Balaban J connectivity index is 2.90. The summed E-state index contributed by atoms with van der Waals surface area (Å²) in [5.41, 5.74) is 0. The number of allylic oxidation sites excluding steroid dienone is 1. The average molecular weight is 114 g/mol. The first-order valence-corrected chi connectivity index (χ1v) is 2.62. The van der Waals surface area contributed by atoms with Gasteiger partial charge in [0, 0.05) is 0 Å². The number of hydrogen-bond acceptors (Lipinski definition) is 2. The predicted octanol–water partition coefficient (Wildman–Crippen LogP) is 1.13. The molecule has 2 heteroatoms. The van der Waals surface area contributed by atoms with Crippen LogP contribution >= 0.6 is 0 Å². The lowest BCUT2D eigenvalue weighted by molar-refractivity contribution is -0.127. The van der Waals surface area contributed by atoms with Gasteiger partial charge in [-0.3, -0.25) is 4.79 Å². The van der Waals surface area contributed by atoms with E-state index in [-0.39, 0.29) is 0 Å². The van der Waals surface area contributed by atoms with Crippen LogP contribution in [0.1, 0.15) is 13.3 Å². The van der Waals surface area contributed by atoms with Crippen LogP contribution in [0.3, 0.4) is 0 Å². The van der Waals surface area contributed by atoms with Crippen molar-refractivity contribution in [3.63, 3.8) is 0 Å². The fraction of sp³-hybridized carbons (Fsp3) is 0.500. The predicted molar refractivity (Wildman–Crippen MR) is 31.4 cm³/mol. The van der Waals surface area contributed by atoms with Gasteiger partial charge in [-0.15, -0.1) is 0 Å². The largest absolute Gasteiger partial charge is 0.464 e. The van der Waals surface area contributed by atoms with E-state index < -0.39 is 0 Å². The molecule has 8 heavy (non-hydrogen) atoms. The van der Waals surface area contributed by atoms with Crippen molar-refractivity contribution >= 4 is 6.47 Å². The SMILES string of the molecule is CC/C=C/COC=O. The highest BCUT2D eigenvalue weighted by Gasteiger charge is 1.71. The fourth-order valence-electron chi connectivity index (χ4n) is 0.330. The van der Waals surface area contributed by atoms with Gasteiger partial charge in [-0.1, -0.05) is 19.1 Å². The molecule has 0 atom stereocenters. The number of rotatable bonds is 4. The van der Waals surface area contributed by atoms with Crippen LogP contribution in [-0.4, -0.2) is 13.1 Å². The zero-order valence-corrected chi connectivity index (χ0v) is 4.96. The van der Waals surface area contributed by atoms with Gasteiger partial charge in [-0.05, 0) is 6.42 Å². The third-order valence-electron chi connectivity index (χ3n) is 0.663. The lowest BCUT2D eigenvalue weighted by Crippen LogP contribution is -1.84. The standard InChI is InChI=1S/C6H10O2/c1-2-3-4-5-8-6-7/h3-4,6H,2,5H2,1H3/b4-3+. The molecule has 0 saturated heterocycles. The Morgan fingerprint density at radius 3 is 2.75 bits per heavy atom. The van der Waals surface area contributed by atoms with Crippen LogP contribution in [0.2, 0.25) is 0 Å². The molecular formula is C6H10O2. The summed E-state index contributed by atoms with van der Waals surface area (Å²) in [6, 6.07) is 0. The van der Waals surface area contributed by atoms with Gasteiger partial charge in [0.15, 0.2) is 0 Å². The summed E-state index contributed by atoms with van der Waals surface area (Å²) in [6.07, 6.45) is 4.75. The summed E-state index contributed by atoms with van der Waals surface area (Å²) in [7, 11) is 0. The van der Waals surface area contributed by atoms with Gasteiger partial charge in [0.2, 0.25) is 0 Å². The molecule has 0 radical (unpaired) electrons. The third kappa shape index (κ3) is 5.21. The number of carbonyl (C=O) groups is 1. The first-order valence-electron chi connectivity index (χ1n) is 2.62. The number of ether oxygens (including phenoxy) is 1. The van der Waals surface area contributed by atoms with E-state index >= 15 is 0 Å². The second-order valence-corrected chi connectivity index (χ2v) is 1.31. The zero-order chi connectivity index (χ0) is 6.24. The van der Waals surface area contributed by atoms with Gasteiger partial charge in [0.1, 0.15) is 6.61 Å². The fourth-order valence-corrected chi connectivity index (χ4v) is 0.330. The van der Waals surface area contributed by atoms with E-state index in [4.69, 9.17) is 0 Å². The van der Waals surface area contributed by atoms with Crippen molar-refractivity contribution in [3.05, 3.63) is 12.2 Å². The molecule has 0 aliphatic carbocycles. The lowest BCUT2D eigenvalue weighted by atomic mass is 10.4. The Hall–Kier alpha value is -0.790. The molecule has 2 nitrogen and oxygen atoms in total. The molecule has 0 heterocycles. The van der Waals surface area contributed by atoms with Crippen molar-refractivity contribution in [1.82, 2.24) is 0 Å². The first kappa shape index (κ1) is 7.21. The maximum atomic E-state index is 9.51. The summed E-state index contributed by atoms with van der Waals surface area (Å²) < 4.78 is 4.37. The van der Waals surface area contributed by atoms with Gasteiger partial charge in [0.05, 0.1) is 0 Å². The summed E-state index contributed by atoms with van der Waals surface area (Å²) in [5, 5.41) is 0. The molecule has 0 aromatic heterocycles. The van der Waals surface area contributed by atoms with Crippen molar-refractivity contribution in [3.8, 4) is 0 Å². The van der Waals surface area contributed by atoms with Crippen LogP contribution in [0, 0.1) is 0 Å². The van der Waals surface area contributed by atoms with E-state index in [0.29, 0.717) is 13.1 Å². The maximum Gasteiger partial charge on any atom is 0.293 e. The quantitative estimate of drug-likeness (QED) is 0.311. The summed E-state index contributed by atoms with van der Waals surface area (Å²) in [5.74, 6) is 0. The van der Waals surface area contributed by atoms with Crippen molar-refractivity contribution < 1.29 is 9.53 Å². The minimum Gasteiger partial charge on any atom is -0.464 e. The van der Waals surface area contributed by atoms with E-state index in [9.17, 15) is 4.79 Å². The molecule has 0 aromatic rings. The highest BCUT2D eigenvalue weighted by molar-refractivity contribution is 5.37. The van der Waals surface area contributed by atoms with Crippen LogP contribution in [0.5, 0.6) is 0 Å². The van der Waals surface area contributed by atoms with Crippen LogP contribution in [-0.2, 0) is 9.53 Å². The first-order chi connectivity index (χ1) is 3.91. The number of carbonyl (C=O) groups excluding carboxylic acids is 1. The topological polar surface area (TPSA) is 26.3 Å². The van der Waals surface area contributed by atoms with Crippen molar-refractivity contribution in [2.24, 2.45) is 0 Å². The smallest absolute Gasteiger partial charge is 0.293 e. The Morgan fingerprint density at radius 1 is 1.50 bits per heavy atom. The van der Waals surface area contributed by atoms with Crippen LogP contribution in [0.15, 0.2) is 12.2 Å². The normalized spacial score (nSPS) is 9.62. The van der Waals surface area contributed by atoms with E-state index in [2.05, 4.69) is 4.74 Å². The summed E-state index contributed by atoms with van der Waals surface area (Å²) in [4.78, 5) is 9.51. The van der Waals surface area contributed by atoms with Gasteiger partial charge >= 0.3 is 0 Å². The van der Waals surface area contributed by atoms with Gasteiger partial charge in [-0.25, -0.2) is 0 Å². The summed E-state index contributed by atoms with van der Waals surface area (Å²) in [6.45, 7) is 2.87. The van der Waals surface area contributed by atoms with Gasteiger partial charge < -0.3 is 4.74 Å². The summed E-state index contributed by atoms with van der Waals surface area (Å²) >= 11 is 0. The van der Waals surface area contributed by atoms with Gasteiger partial charge in [-0.2, -0.15) is 0 Å². The molecule has 46 valence electrons. The Labute approximate surface area is 49.1 Å². The highest BCUT2D eigenvalue weighted by Crippen LogP contribution is 1.78. The molecule has 0 aliphatic heterocycles. The second kappa shape index (κ2) is 6.21. The van der Waals surface area contributed by atoms with Crippen molar-refractivity contribution in [1.29, 1.82) is 0 Å². The molecule has 0 fully saturated rings. The van der Waals surface area contributed by atoms with E-state index in [1.807, 2.05) is 19.1 Å². The Kier molecular flexibility index (Phi) is 5.60. The van der Waals surface area contributed by atoms with E-state index in [1.54, 1.807) is 0 Å². The molecule has 0 rings (SSSR count). The molecule has 0 amide bonds. The van der Waals surface area contributed by atoms with Crippen molar-refractivity contribution in [2.75, 3.05) is 6.61 Å². The molecule has 0 aliphatic rings. The van der Waals surface area contributed by atoms with Gasteiger partial charge in [0.25, 0.3) is 6.47 Å². The maximum absolute atomic E-state index is 9.51. The van der Waals surface area contributed by atoms with E-state index in [1.165, 1.54) is 0 Å². The molecule has 0 aromatic carbocycles. The lowest BCUT2D eigenvalue weighted by Gasteiger charge is -1.85. The molecule has 0 N–H and O–H groups in total. The Bertz CT molecular complexity index is 76.6.